The molecule has 0 aromatic heterocycles. The van der Waals surface area contributed by atoms with Gasteiger partial charge in [-0.1, -0.05) is 43.5 Å². The molecule has 0 radical (unpaired) electrons. The molecule has 0 aliphatic heterocycles. The third kappa shape index (κ3) is 9.38. The van der Waals surface area contributed by atoms with Crippen molar-refractivity contribution in [3.63, 3.8) is 0 Å². The number of benzene rings is 2. The van der Waals surface area contributed by atoms with Gasteiger partial charge in [0.1, 0.15) is 17.2 Å². The maximum absolute atomic E-state index is 12.0. The molecule has 0 fully saturated rings. The summed E-state index contributed by atoms with van der Waals surface area (Å²) >= 11 is 0. The van der Waals surface area contributed by atoms with Gasteiger partial charge in [-0.05, 0) is 48.2 Å². The third-order valence-corrected chi connectivity index (χ3v) is 4.73. The van der Waals surface area contributed by atoms with E-state index in [1.54, 1.807) is 26.4 Å². The van der Waals surface area contributed by atoms with Gasteiger partial charge in [-0.25, -0.2) is 0 Å². The van der Waals surface area contributed by atoms with Crippen LogP contribution in [0.2, 0.25) is 0 Å². The number of carbonyl (C=O) groups is 2. The zero-order chi connectivity index (χ0) is 22.5. The molecule has 0 aliphatic rings. The summed E-state index contributed by atoms with van der Waals surface area (Å²) in [7, 11) is 3.23. The molecule has 0 saturated carbocycles. The molecule has 0 atom stereocenters. The molecule has 0 saturated heterocycles. The summed E-state index contributed by atoms with van der Waals surface area (Å²) in [5.41, 5.74) is 1.93. The van der Waals surface area contributed by atoms with Gasteiger partial charge in [-0.2, -0.15) is 0 Å². The van der Waals surface area contributed by atoms with E-state index in [2.05, 4.69) is 0 Å². The van der Waals surface area contributed by atoms with Gasteiger partial charge >= 0.3 is 11.9 Å². The maximum atomic E-state index is 12.0. The summed E-state index contributed by atoms with van der Waals surface area (Å²) in [5, 5.41) is 8.59. The lowest BCUT2D eigenvalue weighted by molar-refractivity contribution is -0.137. The number of carboxylic acids is 1. The number of methoxy groups -OCH3 is 2. The summed E-state index contributed by atoms with van der Waals surface area (Å²) in [6, 6.07) is 13.0. The molecule has 2 rings (SSSR count). The molecule has 166 valence electrons. The summed E-state index contributed by atoms with van der Waals surface area (Å²) in [4.78, 5) is 22.4. The van der Waals surface area contributed by atoms with Crippen LogP contribution in [0.1, 0.15) is 56.1 Å². The first-order chi connectivity index (χ1) is 15.0. The Balaban J connectivity index is 1.77. The van der Waals surface area contributed by atoms with Crippen molar-refractivity contribution in [3.8, 4) is 17.2 Å². The van der Waals surface area contributed by atoms with Crippen LogP contribution < -0.4 is 14.2 Å². The fourth-order valence-corrected chi connectivity index (χ4v) is 3.02. The highest BCUT2D eigenvalue weighted by atomic mass is 16.5. The number of hydrogen-bond donors (Lipinski definition) is 1. The van der Waals surface area contributed by atoms with Gasteiger partial charge in [0.05, 0.1) is 14.2 Å². The number of esters is 1. The third-order valence-electron chi connectivity index (χ3n) is 4.73. The average molecular weight is 427 g/mol. The lowest BCUT2D eigenvalue weighted by Crippen LogP contribution is -2.07. The molecule has 0 unspecified atom stereocenters. The number of hydrogen-bond acceptors (Lipinski definition) is 5. The Morgan fingerprint density at radius 2 is 1.29 bits per heavy atom. The first-order valence-electron chi connectivity index (χ1n) is 10.4. The first kappa shape index (κ1) is 24.0. The SMILES string of the molecule is COc1cc(/C=C/c2ccc(OC(=O)CCCCCCCC(=O)O)cc2)cc(OC)c1. The zero-order valence-corrected chi connectivity index (χ0v) is 18.1. The molecule has 0 bridgehead atoms. The molecule has 31 heavy (non-hydrogen) atoms. The van der Waals surface area contributed by atoms with E-state index in [9.17, 15) is 9.59 Å². The van der Waals surface area contributed by atoms with Crippen molar-refractivity contribution >= 4 is 24.1 Å². The predicted molar refractivity (Wildman–Crippen MR) is 121 cm³/mol. The number of carboxylic acid groups (broad SMARTS) is 1. The summed E-state index contributed by atoms with van der Waals surface area (Å²) in [6.07, 6.45) is 8.63. The second-order valence-corrected chi connectivity index (χ2v) is 7.18. The minimum absolute atomic E-state index is 0.209. The standard InChI is InChI=1S/C25H30O6/c1-29-22-16-20(17-23(18-22)30-2)11-10-19-12-14-21(15-13-19)31-25(28)9-7-5-3-4-6-8-24(26)27/h10-18H,3-9H2,1-2H3,(H,26,27)/b11-10+. The van der Waals surface area contributed by atoms with Gasteiger partial charge in [-0.15, -0.1) is 0 Å². The largest absolute Gasteiger partial charge is 0.497 e. The summed E-state index contributed by atoms with van der Waals surface area (Å²) in [5.74, 6) is 0.956. The molecule has 2 aromatic carbocycles. The van der Waals surface area contributed by atoms with Crippen LogP contribution in [0.15, 0.2) is 42.5 Å². The van der Waals surface area contributed by atoms with E-state index in [1.165, 1.54) is 0 Å². The normalized spacial score (nSPS) is 10.8. The van der Waals surface area contributed by atoms with Crippen LogP contribution >= 0.6 is 0 Å². The molecule has 2 aromatic rings. The number of ether oxygens (including phenoxy) is 3. The fourth-order valence-electron chi connectivity index (χ4n) is 3.02. The lowest BCUT2D eigenvalue weighted by atomic mass is 10.1. The highest BCUT2D eigenvalue weighted by Crippen LogP contribution is 2.24. The Hall–Kier alpha value is -3.28. The topological polar surface area (TPSA) is 82.1 Å². The minimum Gasteiger partial charge on any atom is -0.497 e. The minimum atomic E-state index is -0.759. The second-order valence-electron chi connectivity index (χ2n) is 7.18. The Bertz CT molecular complexity index is 848. The molecular formula is C25H30O6. The van der Waals surface area contributed by atoms with Crippen molar-refractivity contribution in [2.75, 3.05) is 14.2 Å². The number of carbonyl (C=O) groups excluding carboxylic acids is 1. The van der Waals surface area contributed by atoms with Crippen molar-refractivity contribution in [2.45, 2.75) is 44.9 Å². The van der Waals surface area contributed by atoms with E-state index < -0.39 is 5.97 Å². The quantitative estimate of drug-likeness (QED) is 0.194. The van der Waals surface area contributed by atoms with Crippen molar-refractivity contribution < 1.29 is 28.9 Å². The van der Waals surface area contributed by atoms with E-state index in [0.29, 0.717) is 18.6 Å². The van der Waals surface area contributed by atoms with Crippen LogP contribution in [0.3, 0.4) is 0 Å². The molecular weight excluding hydrogens is 396 g/mol. The Morgan fingerprint density at radius 1 is 0.742 bits per heavy atom. The Kier molecular flexibility index (Phi) is 10.1. The molecule has 0 spiro atoms. The van der Waals surface area contributed by atoms with Gasteiger partial charge < -0.3 is 19.3 Å². The maximum Gasteiger partial charge on any atom is 0.311 e. The summed E-state index contributed by atoms with van der Waals surface area (Å²) < 4.78 is 15.9. The number of rotatable bonds is 13. The van der Waals surface area contributed by atoms with Gasteiger partial charge in [0, 0.05) is 18.9 Å². The molecule has 0 aliphatic carbocycles. The van der Waals surface area contributed by atoms with Crippen LogP contribution in [-0.4, -0.2) is 31.3 Å². The molecule has 1 N–H and O–H groups in total. The van der Waals surface area contributed by atoms with Gasteiger partial charge in [0.2, 0.25) is 0 Å². The van der Waals surface area contributed by atoms with E-state index >= 15 is 0 Å². The fraction of sp³-hybridized carbons (Fsp3) is 0.360. The van der Waals surface area contributed by atoms with Gasteiger partial charge in [-0.3, -0.25) is 9.59 Å². The van der Waals surface area contributed by atoms with Crippen LogP contribution in [0.4, 0.5) is 0 Å². The smallest absolute Gasteiger partial charge is 0.311 e. The monoisotopic (exact) mass is 426 g/mol. The van der Waals surface area contributed by atoms with Crippen LogP contribution in [0.25, 0.3) is 12.2 Å². The highest BCUT2D eigenvalue weighted by Gasteiger charge is 2.05. The van der Waals surface area contributed by atoms with Crippen molar-refractivity contribution in [1.29, 1.82) is 0 Å². The first-order valence-corrected chi connectivity index (χ1v) is 10.4. The molecule has 0 amide bonds. The number of unbranched alkanes of at least 4 members (excludes halogenated alkanes) is 4. The van der Waals surface area contributed by atoms with Crippen molar-refractivity contribution in [1.82, 2.24) is 0 Å². The van der Waals surface area contributed by atoms with E-state index in [0.717, 1.165) is 48.3 Å². The van der Waals surface area contributed by atoms with E-state index in [-0.39, 0.29) is 12.4 Å². The number of aliphatic carboxylic acids is 1. The van der Waals surface area contributed by atoms with Gasteiger partial charge in [0.15, 0.2) is 0 Å². The summed E-state index contributed by atoms with van der Waals surface area (Å²) in [6.45, 7) is 0. The van der Waals surface area contributed by atoms with Crippen molar-refractivity contribution in [3.05, 3.63) is 53.6 Å². The van der Waals surface area contributed by atoms with Crippen molar-refractivity contribution in [2.24, 2.45) is 0 Å². The highest BCUT2D eigenvalue weighted by molar-refractivity contribution is 5.73. The molecule has 0 heterocycles. The van der Waals surface area contributed by atoms with Crippen LogP contribution in [0.5, 0.6) is 17.2 Å². The average Bonchev–Trinajstić information content (AvgIpc) is 2.77. The van der Waals surface area contributed by atoms with Crippen LogP contribution in [0, 0.1) is 0 Å². The Labute approximate surface area is 183 Å². The predicted octanol–water partition coefficient (Wildman–Crippen LogP) is 5.59. The second kappa shape index (κ2) is 13.1. The van der Waals surface area contributed by atoms with Crippen LogP contribution in [-0.2, 0) is 9.59 Å². The lowest BCUT2D eigenvalue weighted by Gasteiger charge is -2.06. The van der Waals surface area contributed by atoms with E-state index in [4.69, 9.17) is 19.3 Å². The van der Waals surface area contributed by atoms with E-state index in [1.807, 2.05) is 42.5 Å². The zero-order valence-electron chi connectivity index (χ0n) is 18.1. The molecule has 6 nitrogen and oxygen atoms in total. The Morgan fingerprint density at radius 3 is 1.87 bits per heavy atom. The van der Waals surface area contributed by atoms with Gasteiger partial charge in [0.25, 0.3) is 0 Å². The molecule has 6 heteroatoms.